The molecule has 1 aromatic carbocycles. The number of anilines is 1. The van der Waals surface area contributed by atoms with Gasteiger partial charge in [0.1, 0.15) is 5.82 Å². The van der Waals surface area contributed by atoms with E-state index in [4.69, 9.17) is 8.94 Å². The molecule has 0 unspecified atom stereocenters. The summed E-state index contributed by atoms with van der Waals surface area (Å²) in [4.78, 5) is 12.0. The van der Waals surface area contributed by atoms with Gasteiger partial charge in [-0.1, -0.05) is 11.2 Å². The van der Waals surface area contributed by atoms with Crippen molar-refractivity contribution in [2.75, 3.05) is 5.32 Å². The van der Waals surface area contributed by atoms with Crippen LogP contribution in [0.3, 0.4) is 0 Å². The number of halogens is 1. The molecule has 0 aliphatic carbocycles. The number of aryl methyl sites for hydroxylation is 1. The van der Waals surface area contributed by atoms with Crippen molar-refractivity contribution in [3.05, 3.63) is 59.7 Å². The van der Waals surface area contributed by atoms with Crippen LogP contribution in [-0.2, 0) is 0 Å². The molecular weight excluding hydrogens is 275 g/mol. The summed E-state index contributed by atoms with van der Waals surface area (Å²) in [7, 11) is 0. The molecule has 3 aromatic rings. The van der Waals surface area contributed by atoms with Crippen molar-refractivity contribution in [1.82, 2.24) is 5.16 Å². The van der Waals surface area contributed by atoms with E-state index in [0.29, 0.717) is 11.5 Å². The van der Waals surface area contributed by atoms with Crippen LogP contribution in [0.25, 0.3) is 11.5 Å². The molecule has 6 heteroatoms. The third kappa shape index (κ3) is 2.69. The number of nitrogens with zero attached hydrogens (tertiary/aromatic N) is 1. The Kier molecular flexibility index (Phi) is 3.27. The number of carbonyl (C=O) groups is 1. The number of amides is 1. The second kappa shape index (κ2) is 5.24. The van der Waals surface area contributed by atoms with Crippen LogP contribution in [0.5, 0.6) is 0 Å². The number of aromatic nitrogens is 1. The van der Waals surface area contributed by atoms with Crippen molar-refractivity contribution >= 4 is 11.6 Å². The summed E-state index contributed by atoms with van der Waals surface area (Å²) >= 11 is 0. The average Bonchev–Trinajstić information content (AvgIpc) is 3.10. The highest BCUT2D eigenvalue weighted by molar-refractivity contribution is 6.03. The third-order valence-corrected chi connectivity index (χ3v) is 2.88. The normalized spacial score (nSPS) is 10.6. The first-order chi connectivity index (χ1) is 10.1. The Hall–Kier alpha value is -2.89. The highest BCUT2D eigenvalue weighted by Gasteiger charge is 2.16. The summed E-state index contributed by atoms with van der Waals surface area (Å²) in [5.74, 6) is -0.269. The van der Waals surface area contributed by atoms with Crippen LogP contribution in [0.1, 0.15) is 16.1 Å². The van der Waals surface area contributed by atoms with E-state index in [1.54, 1.807) is 25.1 Å². The largest absolute Gasteiger partial charge is 0.461 e. The Balaban J connectivity index is 1.79. The van der Waals surface area contributed by atoms with Crippen LogP contribution >= 0.6 is 0 Å². The van der Waals surface area contributed by atoms with Gasteiger partial charge in [0.05, 0.1) is 12.0 Å². The molecule has 3 rings (SSSR count). The molecule has 0 radical (unpaired) electrons. The summed E-state index contributed by atoms with van der Waals surface area (Å²) in [6.07, 6.45) is 1.49. The quantitative estimate of drug-likeness (QED) is 0.798. The van der Waals surface area contributed by atoms with Gasteiger partial charge in [-0.25, -0.2) is 4.39 Å². The second-order valence-electron chi connectivity index (χ2n) is 4.49. The molecule has 2 heterocycles. The SMILES string of the molecule is Cc1ccc(NC(=O)c2cc(-c3ccco3)on2)c(F)c1. The number of nitrogens with one attached hydrogen (secondary N) is 1. The predicted octanol–water partition coefficient (Wildman–Crippen LogP) is 3.63. The first-order valence-corrected chi connectivity index (χ1v) is 6.21. The van der Waals surface area contributed by atoms with E-state index in [1.807, 2.05) is 0 Å². The van der Waals surface area contributed by atoms with Gasteiger partial charge in [-0.2, -0.15) is 0 Å². The molecule has 0 fully saturated rings. The topological polar surface area (TPSA) is 68.3 Å². The zero-order valence-electron chi connectivity index (χ0n) is 11.1. The molecule has 0 saturated carbocycles. The Morgan fingerprint density at radius 3 is 2.81 bits per heavy atom. The minimum Gasteiger partial charge on any atom is -0.461 e. The van der Waals surface area contributed by atoms with Gasteiger partial charge in [0, 0.05) is 6.07 Å². The summed E-state index contributed by atoms with van der Waals surface area (Å²) in [5, 5.41) is 6.09. The molecule has 1 N–H and O–H groups in total. The standard InChI is InChI=1S/C15H11FN2O3/c1-9-4-5-11(10(16)7-9)17-15(19)12-8-14(21-18-12)13-3-2-6-20-13/h2-8H,1H3,(H,17,19). The van der Waals surface area contributed by atoms with E-state index in [0.717, 1.165) is 5.56 Å². The van der Waals surface area contributed by atoms with E-state index >= 15 is 0 Å². The van der Waals surface area contributed by atoms with E-state index in [-0.39, 0.29) is 11.4 Å². The summed E-state index contributed by atoms with van der Waals surface area (Å²) in [6.45, 7) is 1.77. The molecule has 0 spiro atoms. The number of rotatable bonds is 3. The fraction of sp³-hybridized carbons (Fsp3) is 0.0667. The Morgan fingerprint density at radius 1 is 1.24 bits per heavy atom. The van der Waals surface area contributed by atoms with E-state index in [9.17, 15) is 9.18 Å². The molecule has 21 heavy (non-hydrogen) atoms. The Bertz CT molecular complexity index is 778. The van der Waals surface area contributed by atoms with Gasteiger partial charge in [-0.15, -0.1) is 0 Å². The van der Waals surface area contributed by atoms with Gasteiger partial charge < -0.3 is 14.3 Å². The molecular formula is C15H11FN2O3. The predicted molar refractivity (Wildman–Crippen MR) is 73.3 cm³/mol. The smallest absolute Gasteiger partial charge is 0.277 e. The lowest BCUT2D eigenvalue weighted by atomic mass is 10.2. The van der Waals surface area contributed by atoms with Crippen molar-refractivity contribution in [2.24, 2.45) is 0 Å². The molecule has 5 nitrogen and oxygen atoms in total. The summed E-state index contributed by atoms with van der Waals surface area (Å²) < 4.78 is 23.8. The minimum atomic E-state index is -0.556. The van der Waals surface area contributed by atoms with E-state index < -0.39 is 11.7 Å². The summed E-state index contributed by atoms with van der Waals surface area (Å²) in [5.41, 5.74) is 0.904. The molecule has 0 saturated heterocycles. The number of hydrogen-bond donors (Lipinski definition) is 1. The molecule has 0 bridgehead atoms. The second-order valence-corrected chi connectivity index (χ2v) is 4.49. The fourth-order valence-corrected chi connectivity index (χ4v) is 1.82. The van der Waals surface area contributed by atoms with E-state index in [1.165, 1.54) is 24.5 Å². The van der Waals surface area contributed by atoms with Crippen LogP contribution < -0.4 is 5.32 Å². The lowest BCUT2D eigenvalue weighted by Gasteiger charge is -2.04. The molecule has 106 valence electrons. The maximum atomic E-state index is 13.7. The van der Waals surface area contributed by atoms with Crippen molar-refractivity contribution < 1.29 is 18.1 Å². The first kappa shape index (κ1) is 13.1. The Labute approximate surface area is 119 Å². The van der Waals surface area contributed by atoms with Gasteiger partial charge in [0.25, 0.3) is 5.91 Å². The minimum absolute atomic E-state index is 0.0429. The van der Waals surface area contributed by atoms with Gasteiger partial charge in [0.2, 0.25) is 5.76 Å². The van der Waals surface area contributed by atoms with Crippen molar-refractivity contribution in [1.29, 1.82) is 0 Å². The number of furan rings is 1. The van der Waals surface area contributed by atoms with Crippen molar-refractivity contribution in [3.63, 3.8) is 0 Å². The Morgan fingerprint density at radius 2 is 2.10 bits per heavy atom. The van der Waals surface area contributed by atoms with Crippen molar-refractivity contribution in [2.45, 2.75) is 6.92 Å². The number of carbonyl (C=O) groups excluding carboxylic acids is 1. The zero-order chi connectivity index (χ0) is 14.8. The highest BCUT2D eigenvalue weighted by Crippen LogP contribution is 2.21. The van der Waals surface area contributed by atoms with Gasteiger partial charge in [-0.05, 0) is 36.8 Å². The summed E-state index contributed by atoms with van der Waals surface area (Å²) in [6, 6.07) is 9.35. The lowest BCUT2D eigenvalue weighted by Crippen LogP contribution is -2.13. The molecule has 0 atom stereocenters. The highest BCUT2D eigenvalue weighted by atomic mass is 19.1. The van der Waals surface area contributed by atoms with Gasteiger partial charge in [0.15, 0.2) is 11.5 Å². The third-order valence-electron chi connectivity index (χ3n) is 2.88. The van der Waals surface area contributed by atoms with Gasteiger partial charge >= 0.3 is 0 Å². The van der Waals surface area contributed by atoms with Crippen LogP contribution in [0.2, 0.25) is 0 Å². The lowest BCUT2D eigenvalue weighted by molar-refractivity contribution is 0.101. The number of hydrogen-bond acceptors (Lipinski definition) is 4. The molecule has 0 aliphatic heterocycles. The van der Waals surface area contributed by atoms with Crippen LogP contribution in [-0.4, -0.2) is 11.1 Å². The number of benzene rings is 1. The average molecular weight is 286 g/mol. The molecule has 1 amide bonds. The monoisotopic (exact) mass is 286 g/mol. The fourth-order valence-electron chi connectivity index (χ4n) is 1.82. The van der Waals surface area contributed by atoms with Gasteiger partial charge in [-0.3, -0.25) is 4.79 Å². The maximum absolute atomic E-state index is 13.7. The van der Waals surface area contributed by atoms with Crippen LogP contribution in [0.15, 0.2) is 51.6 Å². The van der Waals surface area contributed by atoms with E-state index in [2.05, 4.69) is 10.5 Å². The van der Waals surface area contributed by atoms with Crippen molar-refractivity contribution in [3.8, 4) is 11.5 Å². The molecule has 2 aromatic heterocycles. The van der Waals surface area contributed by atoms with Crippen LogP contribution in [0, 0.1) is 12.7 Å². The maximum Gasteiger partial charge on any atom is 0.277 e. The molecule has 0 aliphatic rings. The first-order valence-electron chi connectivity index (χ1n) is 6.21. The zero-order valence-corrected chi connectivity index (χ0v) is 11.1. The van der Waals surface area contributed by atoms with Crippen LogP contribution in [0.4, 0.5) is 10.1 Å².